The van der Waals surface area contributed by atoms with Crippen molar-refractivity contribution in [2.75, 3.05) is 14.2 Å². The van der Waals surface area contributed by atoms with E-state index >= 15 is 0 Å². The Morgan fingerprint density at radius 3 is 2.64 bits per heavy atom. The number of methoxy groups -OCH3 is 2. The van der Waals surface area contributed by atoms with Crippen LogP contribution in [-0.2, 0) is 6.42 Å². The Kier molecular flexibility index (Phi) is 5.25. The molecule has 1 aromatic heterocycles. The van der Waals surface area contributed by atoms with Gasteiger partial charge in [-0.2, -0.15) is 14.9 Å². The second-order valence-electron chi connectivity index (χ2n) is 5.25. The number of H-pyrrole nitrogens is 1. The first-order valence-corrected chi connectivity index (χ1v) is 8.09. The molecule has 0 bridgehead atoms. The molecule has 1 heterocycles. The van der Waals surface area contributed by atoms with E-state index < -0.39 is 0 Å². The van der Waals surface area contributed by atoms with Crippen LogP contribution in [-0.4, -0.2) is 35.3 Å². The first-order chi connectivity index (χ1) is 12.2. The third-order valence-corrected chi connectivity index (χ3v) is 3.93. The lowest BCUT2D eigenvalue weighted by Gasteiger charge is -2.09. The van der Waals surface area contributed by atoms with Gasteiger partial charge in [-0.25, -0.2) is 0 Å². The molecule has 7 heteroatoms. The Morgan fingerprint density at radius 1 is 1.12 bits per heavy atom. The van der Waals surface area contributed by atoms with E-state index in [0.717, 1.165) is 17.0 Å². The summed E-state index contributed by atoms with van der Waals surface area (Å²) in [6.45, 7) is 0. The van der Waals surface area contributed by atoms with Crippen LogP contribution in [0.2, 0.25) is 0 Å². The van der Waals surface area contributed by atoms with Crippen LogP contribution in [0.5, 0.6) is 11.5 Å². The predicted octanol–water partition coefficient (Wildman–Crippen LogP) is 3.43. The normalized spacial score (nSPS) is 11.0. The van der Waals surface area contributed by atoms with Crippen molar-refractivity contribution in [2.45, 2.75) is 6.42 Å². The average molecular weight is 354 g/mol. The molecule has 0 saturated heterocycles. The Morgan fingerprint density at radius 2 is 1.92 bits per heavy atom. The molecule has 0 spiro atoms. The molecule has 1 N–H and O–H groups in total. The second-order valence-corrected chi connectivity index (χ2v) is 5.63. The molecule has 0 aliphatic heterocycles. The Hall–Kier alpha value is -2.93. The molecule has 0 fully saturated rings. The van der Waals surface area contributed by atoms with E-state index in [1.807, 2.05) is 48.5 Å². The third kappa shape index (κ3) is 3.77. The lowest BCUT2D eigenvalue weighted by Crippen LogP contribution is -2.01. The van der Waals surface area contributed by atoms with Crippen molar-refractivity contribution in [3.63, 3.8) is 0 Å². The molecular formula is C18H18N4O2S. The fourth-order valence-corrected chi connectivity index (χ4v) is 2.67. The minimum Gasteiger partial charge on any atom is -0.493 e. The molecular weight excluding hydrogens is 336 g/mol. The van der Waals surface area contributed by atoms with Crippen LogP contribution in [0.15, 0.2) is 53.6 Å². The molecule has 0 amide bonds. The summed E-state index contributed by atoms with van der Waals surface area (Å²) >= 11 is 5.29. The molecule has 0 radical (unpaired) electrons. The number of hydrogen-bond acceptors (Lipinski definition) is 5. The van der Waals surface area contributed by atoms with Crippen molar-refractivity contribution in [1.29, 1.82) is 0 Å². The van der Waals surface area contributed by atoms with Crippen LogP contribution in [0.4, 0.5) is 0 Å². The van der Waals surface area contributed by atoms with E-state index in [1.54, 1.807) is 25.1 Å². The van der Waals surface area contributed by atoms with Crippen LogP contribution in [0.1, 0.15) is 17.0 Å². The highest BCUT2D eigenvalue weighted by Crippen LogP contribution is 2.29. The zero-order valence-corrected chi connectivity index (χ0v) is 14.8. The molecule has 0 saturated carbocycles. The van der Waals surface area contributed by atoms with Crippen LogP contribution in [0, 0.1) is 4.77 Å². The number of aromatic amines is 1. The maximum atomic E-state index is 5.42. The molecule has 128 valence electrons. The van der Waals surface area contributed by atoms with Crippen LogP contribution in [0.25, 0.3) is 0 Å². The highest BCUT2D eigenvalue weighted by Gasteiger charge is 2.09. The number of nitrogens with zero attached hydrogens (tertiary/aromatic N) is 3. The Balaban J connectivity index is 1.93. The summed E-state index contributed by atoms with van der Waals surface area (Å²) in [5.41, 5.74) is 1.92. The highest BCUT2D eigenvalue weighted by atomic mass is 32.1. The zero-order valence-electron chi connectivity index (χ0n) is 14.0. The number of rotatable bonds is 6. The van der Waals surface area contributed by atoms with Gasteiger partial charge < -0.3 is 9.47 Å². The van der Waals surface area contributed by atoms with Gasteiger partial charge in [0, 0.05) is 12.0 Å². The van der Waals surface area contributed by atoms with Crippen molar-refractivity contribution >= 4 is 18.4 Å². The van der Waals surface area contributed by atoms with Gasteiger partial charge in [-0.15, -0.1) is 0 Å². The topological polar surface area (TPSA) is 64.4 Å². The summed E-state index contributed by atoms with van der Waals surface area (Å²) in [7, 11) is 3.20. The van der Waals surface area contributed by atoms with Gasteiger partial charge in [0.2, 0.25) is 4.77 Å². The standard InChI is InChI=1S/C18H18N4O2S/c1-23-15-10-6-9-14(17(15)24-2)12-19-22-16(20-21-18(22)25)11-13-7-4-3-5-8-13/h3-10,12H,11H2,1-2H3,(H,21,25)/b19-12-. The average Bonchev–Trinajstić information content (AvgIpc) is 2.99. The maximum absolute atomic E-state index is 5.42. The van der Waals surface area contributed by atoms with E-state index in [9.17, 15) is 0 Å². The Bertz CT molecular complexity index is 932. The summed E-state index contributed by atoms with van der Waals surface area (Å²) in [5, 5.41) is 11.5. The number of benzene rings is 2. The number of ether oxygens (including phenoxy) is 2. The van der Waals surface area contributed by atoms with Gasteiger partial charge in [0.15, 0.2) is 17.3 Å². The molecule has 3 rings (SSSR count). The predicted molar refractivity (Wildman–Crippen MR) is 99.2 cm³/mol. The fraction of sp³-hybridized carbons (Fsp3) is 0.167. The van der Waals surface area contributed by atoms with Gasteiger partial charge in [0.05, 0.1) is 20.4 Å². The number of aromatic nitrogens is 3. The monoisotopic (exact) mass is 354 g/mol. The van der Waals surface area contributed by atoms with E-state index in [0.29, 0.717) is 22.7 Å². The van der Waals surface area contributed by atoms with E-state index in [-0.39, 0.29) is 0 Å². The molecule has 25 heavy (non-hydrogen) atoms. The molecule has 6 nitrogen and oxygen atoms in total. The smallest absolute Gasteiger partial charge is 0.216 e. The summed E-state index contributed by atoms with van der Waals surface area (Å²) in [5.74, 6) is 1.99. The van der Waals surface area contributed by atoms with Crippen LogP contribution < -0.4 is 9.47 Å². The molecule has 0 aliphatic rings. The minimum absolute atomic E-state index is 0.434. The number of hydrogen-bond donors (Lipinski definition) is 1. The van der Waals surface area contributed by atoms with Gasteiger partial charge >= 0.3 is 0 Å². The number of para-hydroxylation sites is 1. The third-order valence-electron chi connectivity index (χ3n) is 3.67. The van der Waals surface area contributed by atoms with Gasteiger partial charge in [-0.1, -0.05) is 36.4 Å². The second kappa shape index (κ2) is 7.76. The van der Waals surface area contributed by atoms with E-state index in [1.165, 1.54) is 0 Å². The summed E-state index contributed by atoms with van der Waals surface area (Å²) < 4.78 is 12.8. The number of nitrogens with one attached hydrogen (secondary N) is 1. The van der Waals surface area contributed by atoms with E-state index in [4.69, 9.17) is 21.7 Å². The van der Waals surface area contributed by atoms with Crippen molar-refractivity contribution in [2.24, 2.45) is 5.10 Å². The molecule has 0 atom stereocenters. The summed E-state index contributed by atoms with van der Waals surface area (Å²) in [6, 6.07) is 15.6. The largest absolute Gasteiger partial charge is 0.493 e. The SMILES string of the molecule is COc1cccc(/C=N\n2c(Cc3ccccc3)n[nH]c2=S)c1OC. The minimum atomic E-state index is 0.434. The maximum Gasteiger partial charge on any atom is 0.216 e. The first kappa shape index (κ1) is 16.9. The lowest BCUT2D eigenvalue weighted by molar-refractivity contribution is 0.354. The van der Waals surface area contributed by atoms with Gasteiger partial charge in [0.1, 0.15) is 0 Å². The van der Waals surface area contributed by atoms with Gasteiger partial charge in [-0.3, -0.25) is 5.10 Å². The molecule has 3 aromatic rings. The van der Waals surface area contributed by atoms with Crippen LogP contribution >= 0.6 is 12.2 Å². The quantitative estimate of drug-likeness (QED) is 0.544. The molecule has 2 aromatic carbocycles. The van der Waals surface area contributed by atoms with Crippen molar-refractivity contribution in [3.05, 3.63) is 70.3 Å². The fourth-order valence-electron chi connectivity index (χ4n) is 2.47. The highest BCUT2D eigenvalue weighted by molar-refractivity contribution is 7.71. The van der Waals surface area contributed by atoms with Crippen molar-refractivity contribution in [1.82, 2.24) is 14.9 Å². The lowest BCUT2D eigenvalue weighted by atomic mass is 10.1. The molecule has 0 aliphatic carbocycles. The summed E-state index contributed by atoms with van der Waals surface area (Å²) in [4.78, 5) is 0. The van der Waals surface area contributed by atoms with Gasteiger partial charge in [-0.05, 0) is 29.9 Å². The first-order valence-electron chi connectivity index (χ1n) is 7.68. The van der Waals surface area contributed by atoms with Crippen molar-refractivity contribution in [3.8, 4) is 11.5 Å². The van der Waals surface area contributed by atoms with Crippen LogP contribution in [0.3, 0.4) is 0 Å². The summed E-state index contributed by atoms with van der Waals surface area (Å²) in [6.07, 6.45) is 2.31. The zero-order chi connectivity index (χ0) is 17.6. The van der Waals surface area contributed by atoms with E-state index in [2.05, 4.69) is 15.3 Å². The van der Waals surface area contributed by atoms with Gasteiger partial charge in [0.25, 0.3) is 0 Å². The Labute approximate surface area is 150 Å². The molecule has 0 unspecified atom stereocenters. The van der Waals surface area contributed by atoms with Crippen molar-refractivity contribution < 1.29 is 9.47 Å².